The topological polar surface area (TPSA) is 122 Å². The van der Waals surface area contributed by atoms with Crippen molar-refractivity contribution in [2.75, 3.05) is 51.0 Å². The molecule has 0 unspecified atom stereocenters. The number of hydrogen-bond donors (Lipinski definition) is 1. The number of anilines is 1. The van der Waals surface area contributed by atoms with Crippen LogP contribution in [0, 0.1) is 0 Å². The Hall–Kier alpha value is -2.83. The number of nitrogens with one attached hydrogen (secondary N) is 1. The molecule has 1 amide bonds. The first kappa shape index (κ1) is 26.4. The maximum Gasteiger partial charge on any atom is 0.242 e. The lowest BCUT2D eigenvalue weighted by Crippen LogP contribution is -2.41. The standard InChI is InChI=1S/C21H29N3O7S2/c1-5-30-20-9-7-6-8-19(20)24(32(4,26)27)16-21(25)22-14-15-31-17-10-12-18(13-11-17)33(28,29)23(2)3/h6-13H,5,14-16H2,1-4H3,(H,22,25). The predicted molar refractivity (Wildman–Crippen MR) is 126 cm³/mol. The molecule has 1 N–H and O–H groups in total. The van der Waals surface area contributed by atoms with E-state index in [2.05, 4.69) is 5.32 Å². The van der Waals surface area contributed by atoms with Gasteiger partial charge in [0, 0.05) is 14.1 Å². The molecule has 0 spiro atoms. The van der Waals surface area contributed by atoms with Crippen molar-refractivity contribution in [1.29, 1.82) is 0 Å². The molecule has 0 bridgehead atoms. The van der Waals surface area contributed by atoms with E-state index < -0.39 is 32.5 Å². The largest absolute Gasteiger partial charge is 0.492 e. The molecule has 0 aliphatic rings. The van der Waals surface area contributed by atoms with Crippen molar-refractivity contribution in [3.8, 4) is 11.5 Å². The molecule has 0 aliphatic heterocycles. The molecule has 10 nitrogen and oxygen atoms in total. The van der Waals surface area contributed by atoms with Crippen LogP contribution in [0.1, 0.15) is 6.92 Å². The summed E-state index contributed by atoms with van der Waals surface area (Å²) in [4.78, 5) is 12.5. The zero-order valence-corrected chi connectivity index (χ0v) is 20.6. The molecular weight excluding hydrogens is 470 g/mol. The van der Waals surface area contributed by atoms with Crippen LogP contribution in [0.25, 0.3) is 0 Å². The molecule has 0 aliphatic carbocycles. The molecule has 182 valence electrons. The summed E-state index contributed by atoms with van der Waals surface area (Å²) in [6.07, 6.45) is 1.02. The van der Waals surface area contributed by atoms with Crippen LogP contribution in [-0.2, 0) is 24.8 Å². The van der Waals surface area contributed by atoms with Gasteiger partial charge in [0.25, 0.3) is 0 Å². The van der Waals surface area contributed by atoms with Crippen LogP contribution in [0.2, 0.25) is 0 Å². The number of sulfonamides is 2. The SMILES string of the molecule is CCOc1ccccc1N(CC(=O)NCCOc1ccc(S(=O)(=O)N(C)C)cc1)S(C)(=O)=O. The van der Waals surface area contributed by atoms with Crippen LogP contribution >= 0.6 is 0 Å². The van der Waals surface area contributed by atoms with Gasteiger partial charge < -0.3 is 14.8 Å². The fraction of sp³-hybridized carbons (Fsp3) is 0.381. The summed E-state index contributed by atoms with van der Waals surface area (Å²) in [6.45, 7) is 1.95. The van der Waals surface area contributed by atoms with Gasteiger partial charge in [-0.1, -0.05) is 12.1 Å². The minimum absolute atomic E-state index is 0.111. The van der Waals surface area contributed by atoms with Crippen LogP contribution in [0.5, 0.6) is 11.5 Å². The van der Waals surface area contributed by atoms with Crippen molar-refractivity contribution >= 4 is 31.6 Å². The van der Waals surface area contributed by atoms with E-state index in [1.54, 1.807) is 31.2 Å². The number of hydrogen-bond acceptors (Lipinski definition) is 7. The number of benzene rings is 2. The van der Waals surface area contributed by atoms with Crippen molar-refractivity contribution in [1.82, 2.24) is 9.62 Å². The number of amides is 1. The predicted octanol–water partition coefficient (Wildman–Crippen LogP) is 1.30. The molecule has 0 aromatic heterocycles. The summed E-state index contributed by atoms with van der Waals surface area (Å²) in [5.74, 6) is 0.286. The Kier molecular flexibility index (Phi) is 9.08. The molecule has 0 heterocycles. The van der Waals surface area contributed by atoms with E-state index in [9.17, 15) is 21.6 Å². The average molecular weight is 500 g/mol. The number of nitrogens with zero attached hydrogens (tertiary/aromatic N) is 2. The van der Waals surface area contributed by atoms with E-state index in [4.69, 9.17) is 9.47 Å². The van der Waals surface area contributed by atoms with Crippen LogP contribution in [0.15, 0.2) is 53.4 Å². The van der Waals surface area contributed by atoms with E-state index in [1.807, 2.05) is 0 Å². The summed E-state index contributed by atoms with van der Waals surface area (Å²) in [5.41, 5.74) is 0.279. The van der Waals surface area contributed by atoms with Gasteiger partial charge in [0.05, 0.1) is 30.0 Å². The van der Waals surface area contributed by atoms with Crippen molar-refractivity contribution < 1.29 is 31.1 Å². The molecule has 2 aromatic rings. The third-order valence-electron chi connectivity index (χ3n) is 4.42. The zero-order chi connectivity index (χ0) is 24.6. The van der Waals surface area contributed by atoms with E-state index in [0.717, 1.165) is 14.9 Å². The smallest absolute Gasteiger partial charge is 0.242 e. The molecule has 12 heteroatoms. The molecule has 2 aromatic carbocycles. The molecule has 0 saturated heterocycles. The van der Waals surface area contributed by atoms with Gasteiger partial charge in [-0.05, 0) is 43.3 Å². The third kappa shape index (κ3) is 7.34. The van der Waals surface area contributed by atoms with Gasteiger partial charge in [0.2, 0.25) is 26.0 Å². The van der Waals surface area contributed by atoms with Crippen LogP contribution in [0.4, 0.5) is 5.69 Å². The summed E-state index contributed by atoms with van der Waals surface area (Å²) in [7, 11) is -4.37. The first-order valence-electron chi connectivity index (χ1n) is 10.1. The molecule has 0 atom stereocenters. The highest BCUT2D eigenvalue weighted by molar-refractivity contribution is 7.92. The van der Waals surface area contributed by atoms with Gasteiger partial charge in [-0.3, -0.25) is 9.10 Å². The fourth-order valence-electron chi connectivity index (χ4n) is 2.79. The van der Waals surface area contributed by atoms with E-state index in [1.165, 1.54) is 38.4 Å². The van der Waals surface area contributed by atoms with Crippen LogP contribution in [-0.4, -0.2) is 73.7 Å². The molecule has 0 fully saturated rings. The molecule has 33 heavy (non-hydrogen) atoms. The molecular formula is C21H29N3O7S2. The normalized spacial score (nSPS) is 11.8. The first-order valence-corrected chi connectivity index (χ1v) is 13.4. The highest BCUT2D eigenvalue weighted by atomic mass is 32.2. The maximum absolute atomic E-state index is 12.4. The molecule has 0 saturated carbocycles. The van der Waals surface area contributed by atoms with Crippen molar-refractivity contribution in [2.45, 2.75) is 11.8 Å². The number of carbonyl (C=O) groups is 1. The summed E-state index contributed by atoms with van der Waals surface area (Å²) >= 11 is 0. The zero-order valence-electron chi connectivity index (χ0n) is 19.0. The van der Waals surface area contributed by atoms with E-state index >= 15 is 0 Å². The third-order valence-corrected chi connectivity index (χ3v) is 7.37. The molecule has 0 radical (unpaired) electrons. The highest BCUT2D eigenvalue weighted by Crippen LogP contribution is 2.29. The van der Waals surface area contributed by atoms with Crippen LogP contribution in [0.3, 0.4) is 0 Å². The second kappa shape index (κ2) is 11.3. The first-order chi connectivity index (χ1) is 15.5. The minimum Gasteiger partial charge on any atom is -0.492 e. The van der Waals surface area contributed by atoms with Crippen LogP contribution < -0.4 is 19.1 Å². The number of ether oxygens (including phenoxy) is 2. The van der Waals surface area contributed by atoms with Gasteiger partial charge in [-0.25, -0.2) is 21.1 Å². The second-order valence-corrected chi connectivity index (χ2v) is 11.2. The van der Waals surface area contributed by atoms with Crippen molar-refractivity contribution in [3.05, 3.63) is 48.5 Å². The molecule has 2 rings (SSSR count). The van der Waals surface area contributed by atoms with Gasteiger partial charge in [0.15, 0.2) is 0 Å². The summed E-state index contributed by atoms with van der Waals surface area (Å²) < 4.78 is 61.9. The monoisotopic (exact) mass is 499 g/mol. The lowest BCUT2D eigenvalue weighted by molar-refractivity contribution is -0.119. The summed E-state index contributed by atoms with van der Waals surface area (Å²) in [6, 6.07) is 12.5. The Labute approximate surface area is 195 Å². The average Bonchev–Trinajstić information content (AvgIpc) is 2.75. The van der Waals surface area contributed by atoms with Crippen molar-refractivity contribution in [3.63, 3.8) is 0 Å². The Morgan fingerprint density at radius 1 is 0.970 bits per heavy atom. The number of rotatable bonds is 12. The van der Waals surface area contributed by atoms with Gasteiger partial charge in [0.1, 0.15) is 24.7 Å². The number of carbonyl (C=O) groups excluding carboxylic acids is 1. The second-order valence-electron chi connectivity index (χ2n) is 7.13. The Balaban J connectivity index is 1.94. The van der Waals surface area contributed by atoms with Crippen molar-refractivity contribution in [2.24, 2.45) is 0 Å². The fourth-order valence-corrected chi connectivity index (χ4v) is 4.55. The Bertz CT molecular complexity index is 1150. The Morgan fingerprint density at radius 2 is 1.61 bits per heavy atom. The quantitative estimate of drug-likeness (QED) is 0.437. The number of para-hydroxylation sites is 2. The maximum atomic E-state index is 12.4. The summed E-state index contributed by atoms with van der Waals surface area (Å²) in [5, 5.41) is 2.61. The highest BCUT2D eigenvalue weighted by Gasteiger charge is 2.23. The van der Waals surface area contributed by atoms with E-state index in [0.29, 0.717) is 18.1 Å². The lowest BCUT2D eigenvalue weighted by Gasteiger charge is -2.24. The van der Waals surface area contributed by atoms with E-state index in [-0.39, 0.29) is 23.7 Å². The van der Waals surface area contributed by atoms with Gasteiger partial charge in [-0.15, -0.1) is 0 Å². The minimum atomic E-state index is -3.74. The lowest BCUT2D eigenvalue weighted by atomic mass is 10.3. The van der Waals surface area contributed by atoms with Gasteiger partial charge in [-0.2, -0.15) is 0 Å². The van der Waals surface area contributed by atoms with Gasteiger partial charge >= 0.3 is 0 Å². The Morgan fingerprint density at radius 3 is 2.18 bits per heavy atom.